The van der Waals surface area contributed by atoms with Gasteiger partial charge in [-0.25, -0.2) is 22.1 Å². The van der Waals surface area contributed by atoms with Gasteiger partial charge in [0.05, 0.1) is 12.2 Å². The van der Waals surface area contributed by atoms with Crippen molar-refractivity contribution in [2.75, 3.05) is 48.0 Å². The first-order valence-corrected chi connectivity index (χ1v) is 10.0. The van der Waals surface area contributed by atoms with Crippen molar-refractivity contribution in [2.45, 2.75) is 19.4 Å². The molecule has 0 radical (unpaired) electrons. The Labute approximate surface area is 145 Å². The Kier molecular flexibility index (Phi) is 4.86. The lowest BCUT2D eigenvalue weighted by molar-refractivity contribution is 0.139. The largest absolute Gasteiger partial charge is 0.444 e. The minimum Gasteiger partial charge on any atom is -0.444 e. The molecule has 1 amide bonds. The molecule has 1 atom stereocenters. The molecule has 138 valence electrons. The number of cyclic esters (lactones) is 1. The summed E-state index contributed by atoms with van der Waals surface area (Å²) < 4.78 is 50.4. The molecule has 0 unspecified atom stereocenters. The first-order valence-electron chi connectivity index (χ1n) is 8.19. The number of anilines is 2. The highest BCUT2D eigenvalue weighted by Gasteiger charge is 2.33. The van der Waals surface area contributed by atoms with Crippen LogP contribution in [0.4, 0.5) is 25.0 Å². The van der Waals surface area contributed by atoms with Crippen LogP contribution in [0.5, 0.6) is 0 Å². The van der Waals surface area contributed by atoms with Gasteiger partial charge in [0, 0.05) is 53.5 Å². The fourth-order valence-corrected chi connectivity index (χ4v) is 4.66. The molecule has 6 nitrogen and oxygen atoms in total. The van der Waals surface area contributed by atoms with Crippen molar-refractivity contribution in [2.24, 2.45) is 4.36 Å². The maximum absolute atomic E-state index is 14.6. The van der Waals surface area contributed by atoms with E-state index in [9.17, 15) is 17.8 Å². The SMILES string of the molecule is CC[C@H]1CN(c2cc(F)c(N3CCS(=O)(=NC)CC3)c(F)c2)C(=O)O1. The summed E-state index contributed by atoms with van der Waals surface area (Å²) in [4.78, 5) is 14.6. The Hall–Kier alpha value is -1.90. The van der Waals surface area contributed by atoms with Crippen LogP contribution in [0, 0.1) is 11.6 Å². The number of hydrogen-bond acceptors (Lipinski definition) is 5. The summed E-state index contributed by atoms with van der Waals surface area (Å²) in [5.41, 5.74) is -0.00928. The minimum atomic E-state index is -2.26. The second-order valence-corrected chi connectivity index (χ2v) is 8.86. The number of rotatable bonds is 3. The van der Waals surface area contributed by atoms with Crippen molar-refractivity contribution < 1.29 is 22.5 Å². The van der Waals surface area contributed by atoms with E-state index >= 15 is 0 Å². The van der Waals surface area contributed by atoms with E-state index in [2.05, 4.69) is 4.36 Å². The predicted octanol–water partition coefficient (Wildman–Crippen LogP) is 2.62. The summed E-state index contributed by atoms with van der Waals surface area (Å²) in [5, 5.41) is 0. The number of hydrogen-bond donors (Lipinski definition) is 0. The topological polar surface area (TPSA) is 62.2 Å². The van der Waals surface area contributed by atoms with Crippen molar-refractivity contribution in [1.82, 2.24) is 0 Å². The average Bonchev–Trinajstić information content (AvgIpc) is 2.97. The van der Waals surface area contributed by atoms with Crippen LogP contribution >= 0.6 is 0 Å². The zero-order chi connectivity index (χ0) is 18.2. The van der Waals surface area contributed by atoms with Gasteiger partial charge in [0.2, 0.25) is 0 Å². The second kappa shape index (κ2) is 6.78. The van der Waals surface area contributed by atoms with E-state index in [1.807, 2.05) is 6.92 Å². The number of carbonyl (C=O) groups is 1. The van der Waals surface area contributed by atoms with E-state index in [4.69, 9.17) is 4.74 Å². The highest BCUT2D eigenvalue weighted by atomic mass is 32.2. The highest BCUT2D eigenvalue weighted by molar-refractivity contribution is 7.93. The fraction of sp³-hybridized carbons (Fsp3) is 0.562. The van der Waals surface area contributed by atoms with Gasteiger partial charge in [-0.15, -0.1) is 0 Å². The van der Waals surface area contributed by atoms with Crippen LogP contribution in [0.1, 0.15) is 13.3 Å². The second-order valence-electron chi connectivity index (χ2n) is 6.13. The summed E-state index contributed by atoms with van der Waals surface area (Å²) >= 11 is 0. The lowest BCUT2D eigenvalue weighted by Gasteiger charge is -2.31. The molecule has 2 fully saturated rings. The minimum absolute atomic E-state index is 0.143. The Balaban J connectivity index is 1.84. The maximum Gasteiger partial charge on any atom is 0.414 e. The van der Waals surface area contributed by atoms with Crippen LogP contribution in [-0.4, -0.2) is 54.6 Å². The zero-order valence-corrected chi connectivity index (χ0v) is 15.0. The summed E-state index contributed by atoms with van der Waals surface area (Å²) in [6.07, 6.45) is -0.229. The molecule has 0 spiro atoms. The van der Waals surface area contributed by atoms with Crippen LogP contribution in [0.2, 0.25) is 0 Å². The highest BCUT2D eigenvalue weighted by Crippen LogP contribution is 2.32. The molecule has 25 heavy (non-hydrogen) atoms. The molecular weight excluding hydrogens is 352 g/mol. The number of amides is 1. The van der Waals surface area contributed by atoms with Crippen molar-refractivity contribution in [3.8, 4) is 0 Å². The molecule has 2 saturated heterocycles. The van der Waals surface area contributed by atoms with Crippen molar-refractivity contribution >= 4 is 27.2 Å². The van der Waals surface area contributed by atoms with Gasteiger partial charge in [-0.1, -0.05) is 6.92 Å². The maximum atomic E-state index is 14.6. The van der Waals surface area contributed by atoms with Crippen LogP contribution in [0.3, 0.4) is 0 Å². The quantitative estimate of drug-likeness (QED) is 0.817. The fourth-order valence-electron chi connectivity index (χ4n) is 3.08. The molecule has 0 bridgehead atoms. The smallest absolute Gasteiger partial charge is 0.414 e. The van der Waals surface area contributed by atoms with E-state index in [0.717, 1.165) is 12.1 Å². The van der Waals surface area contributed by atoms with E-state index in [1.165, 1.54) is 11.9 Å². The lowest BCUT2D eigenvalue weighted by Crippen LogP contribution is -2.41. The molecule has 1 aromatic rings. The Bertz CT molecular complexity index is 771. The average molecular weight is 373 g/mol. The predicted molar refractivity (Wildman–Crippen MR) is 92.7 cm³/mol. The van der Waals surface area contributed by atoms with E-state index < -0.39 is 27.5 Å². The van der Waals surface area contributed by atoms with Crippen LogP contribution in [-0.2, 0) is 14.5 Å². The molecule has 9 heteroatoms. The number of carbonyl (C=O) groups excluding carboxylic acids is 1. The third-order valence-corrected chi connectivity index (χ3v) is 6.96. The summed E-state index contributed by atoms with van der Waals surface area (Å²) in [7, 11) is -0.757. The Morgan fingerprint density at radius 3 is 2.36 bits per heavy atom. The number of ether oxygens (including phenoxy) is 1. The standard InChI is InChI=1S/C16H21F2N3O3S/c1-3-12-10-21(16(22)24-12)11-8-13(17)15(14(18)9-11)20-4-6-25(23,19-2)7-5-20/h8-9,12H,3-7,10H2,1-2H3/t12-/m0/s1. The number of halogens is 2. The molecule has 2 heterocycles. The van der Waals surface area contributed by atoms with Gasteiger partial charge < -0.3 is 9.64 Å². The van der Waals surface area contributed by atoms with Gasteiger partial charge in [0.1, 0.15) is 11.8 Å². The molecule has 0 aromatic heterocycles. The molecule has 0 saturated carbocycles. The van der Waals surface area contributed by atoms with Crippen molar-refractivity contribution in [3.63, 3.8) is 0 Å². The Morgan fingerprint density at radius 1 is 1.28 bits per heavy atom. The van der Waals surface area contributed by atoms with Crippen LogP contribution in [0.15, 0.2) is 16.5 Å². The number of nitrogens with zero attached hydrogens (tertiary/aromatic N) is 3. The Morgan fingerprint density at radius 2 is 1.88 bits per heavy atom. The molecule has 2 aliphatic heterocycles. The molecule has 0 aliphatic carbocycles. The monoisotopic (exact) mass is 373 g/mol. The summed E-state index contributed by atoms with van der Waals surface area (Å²) in [6, 6.07) is 2.29. The molecular formula is C16H21F2N3O3S. The normalized spacial score (nSPS) is 22.9. The first-order chi connectivity index (χ1) is 11.9. The van der Waals surface area contributed by atoms with Crippen LogP contribution in [0.25, 0.3) is 0 Å². The number of benzene rings is 1. The third-order valence-electron chi connectivity index (χ3n) is 4.65. The summed E-state index contributed by atoms with van der Waals surface area (Å²) in [5.74, 6) is -0.934. The van der Waals surface area contributed by atoms with Crippen LogP contribution < -0.4 is 9.80 Å². The van der Waals surface area contributed by atoms with E-state index in [-0.39, 0.29) is 48.6 Å². The van der Waals surface area contributed by atoms with Gasteiger partial charge in [0.25, 0.3) is 0 Å². The van der Waals surface area contributed by atoms with Gasteiger partial charge >= 0.3 is 6.09 Å². The summed E-state index contributed by atoms with van der Waals surface area (Å²) in [6.45, 7) is 2.69. The lowest BCUT2D eigenvalue weighted by atomic mass is 10.2. The first kappa shape index (κ1) is 17.9. The van der Waals surface area contributed by atoms with E-state index in [1.54, 1.807) is 4.90 Å². The van der Waals surface area contributed by atoms with Gasteiger partial charge in [-0.2, -0.15) is 0 Å². The molecule has 1 aromatic carbocycles. The van der Waals surface area contributed by atoms with Gasteiger partial charge in [-0.3, -0.25) is 4.90 Å². The van der Waals surface area contributed by atoms with Crippen molar-refractivity contribution in [1.29, 1.82) is 0 Å². The molecule has 2 aliphatic rings. The zero-order valence-electron chi connectivity index (χ0n) is 14.2. The van der Waals surface area contributed by atoms with E-state index in [0.29, 0.717) is 6.42 Å². The molecule has 3 rings (SSSR count). The van der Waals surface area contributed by atoms with Gasteiger partial charge in [0.15, 0.2) is 11.6 Å². The third kappa shape index (κ3) is 3.42. The molecule has 0 N–H and O–H groups in total. The van der Waals surface area contributed by atoms with Crippen molar-refractivity contribution in [3.05, 3.63) is 23.8 Å². The van der Waals surface area contributed by atoms with Gasteiger partial charge in [-0.05, 0) is 6.42 Å².